The van der Waals surface area contributed by atoms with Crippen LogP contribution in [0, 0.1) is 0 Å². The number of methoxy groups -OCH3 is 1. The molecular formula is C29H28ClN3O3. The van der Waals surface area contributed by atoms with Crippen LogP contribution in [0.15, 0.2) is 84.9 Å². The van der Waals surface area contributed by atoms with E-state index in [-0.39, 0.29) is 11.8 Å². The molecule has 3 aromatic carbocycles. The number of anilines is 2. The summed E-state index contributed by atoms with van der Waals surface area (Å²) >= 11 is 6.55. The van der Waals surface area contributed by atoms with Crippen LogP contribution in [0.1, 0.15) is 11.1 Å². The van der Waals surface area contributed by atoms with Gasteiger partial charge < -0.3 is 19.9 Å². The van der Waals surface area contributed by atoms with E-state index in [2.05, 4.69) is 10.2 Å². The molecule has 0 radical (unpaired) electrons. The van der Waals surface area contributed by atoms with Crippen LogP contribution in [0.2, 0.25) is 5.02 Å². The molecule has 1 saturated heterocycles. The Morgan fingerprint density at radius 1 is 0.861 bits per heavy atom. The van der Waals surface area contributed by atoms with Crippen molar-refractivity contribution in [3.8, 4) is 5.75 Å². The molecule has 1 aliphatic rings. The zero-order valence-electron chi connectivity index (χ0n) is 20.1. The number of nitrogens with one attached hydrogen (secondary N) is 1. The van der Waals surface area contributed by atoms with Crippen LogP contribution in [-0.2, 0) is 9.59 Å². The van der Waals surface area contributed by atoms with Gasteiger partial charge in [0.2, 0.25) is 11.8 Å². The van der Waals surface area contributed by atoms with Gasteiger partial charge in [-0.05, 0) is 53.6 Å². The minimum atomic E-state index is -0.245. The molecule has 0 spiro atoms. The number of halogens is 1. The lowest BCUT2D eigenvalue weighted by Crippen LogP contribution is -2.48. The van der Waals surface area contributed by atoms with E-state index in [1.807, 2.05) is 77.7 Å². The third kappa shape index (κ3) is 6.77. The summed E-state index contributed by atoms with van der Waals surface area (Å²) in [7, 11) is 1.61. The summed E-state index contributed by atoms with van der Waals surface area (Å²) in [4.78, 5) is 28.9. The molecule has 3 aromatic rings. The lowest BCUT2D eigenvalue weighted by molar-refractivity contribution is -0.126. The minimum absolute atomic E-state index is 0.00496. The molecule has 7 heteroatoms. The molecule has 2 amide bonds. The van der Waals surface area contributed by atoms with Crippen molar-refractivity contribution in [2.45, 2.75) is 0 Å². The summed E-state index contributed by atoms with van der Waals surface area (Å²) < 4.78 is 5.14. The van der Waals surface area contributed by atoms with Crippen molar-refractivity contribution in [2.24, 2.45) is 0 Å². The minimum Gasteiger partial charge on any atom is -0.497 e. The average molecular weight is 502 g/mol. The standard InChI is InChI=1S/C29H28ClN3O3/c1-36-25-12-7-23(8-13-25)9-15-28(34)31-24-11-14-27(26(30)21-24)32-17-19-33(20-18-32)29(35)16-10-22-5-3-2-4-6-22/h2-16,21H,17-20H2,1H3,(H,31,34)/b15-9+,16-10+. The Kier molecular flexibility index (Phi) is 8.42. The normalized spacial score (nSPS) is 13.8. The number of carbonyl (C=O) groups is 2. The first kappa shape index (κ1) is 25.1. The first-order valence-electron chi connectivity index (χ1n) is 11.7. The Hall–Kier alpha value is -4.03. The second-order valence-electron chi connectivity index (χ2n) is 8.32. The third-order valence-electron chi connectivity index (χ3n) is 5.91. The van der Waals surface area contributed by atoms with Crippen molar-refractivity contribution in [3.63, 3.8) is 0 Å². The summed E-state index contributed by atoms with van der Waals surface area (Å²) in [5.74, 6) is 0.523. The number of benzene rings is 3. The number of nitrogens with zero attached hydrogens (tertiary/aromatic N) is 2. The molecule has 4 rings (SSSR count). The van der Waals surface area contributed by atoms with E-state index >= 15 is 0 Å². The Morgan fingerprint density at radius 2 is 1.53 bits per heavy atom. The maximum absolute atomic E-state index is 12.5. The fourth-order valence-electron chi connectivity index (χ4n) is 3.92. The van der Waals surface area contributed by atoms with Crippen molar-refractivity contribution in [1.82, 2.24) is 4.90 Å². The van der Waals surface area contributed by atoms with Crippen LogP contribution in [0.25, 0.3) is 12.2 Å². The highest BCUT2D eigenvalue weighted by molar-refractivity contribution is 6.33. The van der Waals surface area contributed by atoms with Crippen LogP contribution in [-0.4, -0.2) is 50.0 Å². The Balaban J connectivity index is 1.29. The summed E-state index contributed by atoms with van der Waals surface area (Å²) in [6.45, 7) is 2.59. The third-order valence-corrected chi connectivity index (χ3v) is 6.21. The molecule has 1 heterocycles. The monoisotopic (exact) mass is 501 g/mol. The number of ether oxygens (including phenoxy) is 1. The van der Waals surface area contributed by atoms with Gasteiger partial charge in [0.1, 0.15) is 5.75 Å². The maximum Gasteiger partial charge on any atom is 0.248 e. The molecule has 1 fully saturated rings. The van der Waals surface area contributed by atoms with Crippen molar-refractivity contribution in [2.75, 3.05) is 43.5 Å². The zero-order valence-corrected chi connectivity index (χ0v) is 20.8. The van der Waals surface area contributed by atoms with E-state index < -0.39 is 0 Å². The zero-order chi connectivity index (χ0) is 25.3. The highest BCUT2D eigenvalue weighted by Crippen LogP contribution is 2.30. The first-order chi connectivity index (χ1) is 17.5. The molecule has 184 valence electrons. The second-order valence-corrected chi connectivity index (χ2v) is 8.73. The highest BCUT2D eigenvalue weighted by Gasteiger charge is 2.21. The molecule has 6 nitrogen and oxygen atoms in total. The van der Waals surface area contributed by atoms with E-state index in [1.54, 1.807) is 25.3 Å². The van der Waals surface area contributed by atoms with Gasteiger partial charge in [0.15, 0.2) is 0 Å². The lowest BCUT2D eigenvalue weighted by Gasteiger charge is -2.36. The van der Waals surface area contributed by atoms with Gasteiger partial charge in [-0.15, -0.1) is 0 Å². The highest BCUT2D eigenvalue weighted by atomic mass is 35.5. The topological polar surface area (TPSA) is 61.9 Å². The summed E-state index contributed by atoms with van der Waals surface area (Å²) in [6, 6.07) is 22.7. The van der Waals surface area contributed by atoms with Gasteiger partial charge in [0.25, 0.3) is 0 Å². The number of hydrogen-bond donors (Lipinski definition) is 1. The molecule has 0 unspecified atom stereocenters. The van der Waals surface area contributed by atoms with E-state index in [9.17, 15) is 9.59 Å². The van der Waals surface area contributed by atoms with Crippen molar-refractivity contribution in [3.05, 3.63) is 101 Å². The molecule has 0 saturated carbocycles. The molecule has 0 atom stereocenters. The molecule has 0 aromatic heterocycles. The van der Waals surface area contributed by atoms with E-state index in [4.69, 9.17) is 16.3 Å². The molecular weight excluding hydrogens is 474 g/mol. The van der Waals surface area contributed by atoms with Crippen LogP contribution in [0.3, 0.4) is 0 Å². The molecule has 1 N–H and O–H groups in total. The Labute approximate surface area is 216 Å². The fraction of sp³-hybridized carbons (Fsp3) is 0.172. The number of piperazine rings is 1. The van der Waals surface area contributed by atoms with E-state index in [0.29, 0.717) is 36.9 Å². The van der Waals surface area contributed by atoms with Gasteiger partial charge in [-0.3, -0.25) is 9.59 Å². The Bertz CT molecular complexity index is 1250. The molecule has 0 aliphatic carbocycles. The maximum atomic E-state index is 12.5. The van der Waals surface area contributed by atoms with Crippen LogP contribution in [0.5, 0.6) is 5.75 Å². The fourth-order valence-corrected chi connectivity index (χ4v) is 4.22. The van der Waals surface area contributed by atoms with Gasteiger partial charge >= 0.3 is 0 Å². The van der Waals surface area contributed by atoms with Crippen LogP contribution in [0.4, 0.5) is 11.4 Å². The second kappa shape index (κ2) is 12.1. The molecule has 36 heavy (non-hydrogen) atoms. The number of rotatable bonds is 7. The summed E-state index contributed by atoms with van der Waals surface area (Å²) in [6.07, 6.45) is 6.68. The van der Waals surface area contributed by atoms with Gasteiger partial charge in [-0.1, -0.05) is 54.1 Å². The predicted molar refractivity (Wildman–Crippen MR) is 146 cm³/mol. The van der Waals surface area contributed by atoms with Gasteiger partial charge in [0, 0.05) is 44.0 Å². The first-order valence-corrected chi connectivity index (χ1v) is 12.1. The SMILES string of the molecule is COc1ccc(/C=C/C(=O)Nc2ccc(N3CCN(C(=O)/C=C/c4ccccc4)CC3)c(Cl)c2)cc1. The quantitative estimate of drug-likeness (QED) is 0.442. The Morgan fingerprint density at radius 3 is 2.19 bits per heavy atom. The number of hydrogen-bond acceptors (Lipinski definition) is 4. The summed E-state index contributed by atoms with van der Waals surface area (Å²) in [5.41, 5.74) is 3.40. The van der Waals surface area contributed by atoms with Crippen molar-refractivity contribution >= 4 is 46.9 Å². The van der Waals surface area contributed by atoms with E-state index in [0.717, 1.165) is 22.6 Å². The van der Waals surface area contributed by atoms with Crippen molar-refractivity contribution in [1.29, 1.82) is 0 Å². The summed E-state index contributed by atoms with van der Waals surface area (Å²) in [5, 5.41) is 3.39. The smallest absolute Gasteiger partial charge is 0.248 e. The van der Waals surface area contributed by atoms with E-state index in [1.165, 1.54) is 6.08 Å². The predicted octanol–water partition coefficient (Wildman–Crippen LogP) is 5.36. The number of carbonyl (C=O) groups excluding carboxylic acids is 2. The number of amides is 2. The van der Waals surface area contributed by atoms with Crippen molar-refractivity contribution < 1.29 is 14.3 Å². The molecule has 0 bridgehead atoms. The largest absolute Gasteiger partial charge is 0.497 e. The van der Waals surface area contributed by atoms with Gasteiger partial charge in [0.05, 0.1) is 17.8 Å². The lowest BCUT2D eigenvalue weighted by atomic mass is 10.2. The van der Waals surface area contributed by atoms with Gasteiger partial charge in [-0.2, -0.15) is 0 Å². The van der Waals surface area contributed by atoms with Crippen LogP contribution < -0.4 is 15.0 Å². The average Bonchev–Trinajstić information content (AvgIpc) is 2.91. The van der Waals surface area contributed by atoms with Gasteiger partial charge in [-0.25, -0.2) is 0 Å². The molecule has 1 aliphatic heterocycles. The van der Waals surface area contributed by atoms with Crippen LogP contribution >= 0.6 is 11.6 Å².